The van der Waals surface area contributed by atoms with Gasteiger partial charge in [0.1, 0.15) is 5.69 Å². The average molecular weight is 409 g/mol. The molecule has 6 nitrogen and oxygen atoms in total. The zero-order chi connectivity index (χ0) is 20.8. The highest BCUT2D eigenvalue weighted by molar-refractivity contribution is 5.92. The number of likely N-dealkylation sites (tertiary alicyclic amines) is 2. The van der Waals surface area contributed by atoms with Crippen LogP contribution in [0, 0.1) is 11.8 Å². The fourth-order valence-electron chi connectivity index (χ4n) is 4.79. The van der Waals surface area contributed by atoms with E-state index in [0.717, 1.165) is 64.7 Å². The van der Waals surface area contributed by atoms with Crippen LogP contribution in [0.4, 0.5) is 0 Å². The van der Waals surface area contributed by atoms with E-state index in [0.29, 0.717) is 29.9 Å². The van der Waals surface area contributed by atoms with Gasteiger partial charge in [0.2, 0.25) is 5.91 Å². The van der Waals surface area contributed by atoms with Crippen molar-refractivity contribution in [2.75, 3.05) is 26.2 Å². The molecular formula is C24H32N4O2. The summed E-state index contributed by atoms with van der Waals surface area (Å²) in [6.45, 7) is 3.32. The van der Waals surface area contributed by atoms with Crippen molar-refractivity contribution < 1.29 is 9.59 Å². The second-order valence-electron chi connectivity index (χ2n) is 8.75. The molecule has 6 heteroatoms. The molecule has 2 aliphatic heterocycles. The van der Waals surface area contributed by atoms with E-state index in [1.165, 1.54) is 11.9 Å². The molecule has 0 bridgehead atoms. The van der Waals surface area contributed by atoms with E-state index in [-0.39, 0.29) is 5.91 Å². The number of aromatic nitrogens is 2. The first-order chi connectivity index (χ1) is 14.7. The highest BCUT2D eigenvalue weighted by Crippen LogP contribution is 2.25. The number of carbonyl (C=O) groups is 2. The third kappa shape index (κ3) is 5.29. The average Bonchev–Trinajstić information content (AvgIpc) is 3.34. The molecule has 0 saturated carbocycles. The molecule has 0 atom stereocenters. The lowest BCUT2D eigenvalue weighted by Gasteiger charge is -2.34. The van der Waals surface area contributed by atoms with Gasteiger partial charge in [-0.2, -0.15) is 0 Å². The minimum Gasteiger partial charge on any atom is -0.343 e. The second-order valence-corrected chi connectivity index (χ2v) is 8.75. The van der Waals surface area contributed by atoms with Crippen molar-refractivity contribution in [2.45, 2.75) is 44.9 Å². The van der Waals surface area contributed by atoms with Gasteiger partial charge in [-0.05, 0) is 55.9 Å². The number of imidazole rings is 1. The molecule has 1 aromatic heterocycles. The lowest BCUT2D eigenvalue weighted by molar-refractivity contribution is -0.133. The molecular weight excluding hydrogens is 376 g/mol. The molecule has 0 spiro atoms. The molecule has 160 valence electrons. The number of hydrogen-bond acceptors (Lipinski definition) is 3. The largest absolute Gasteiger partial charge is 0.343 e. The number of benzene rings is 1. The van der Waals surface area contributed by atoms with E-state index in [9.17, 15) is 9.59 Å². The van der Waals surface area contributed by atoms with Gasteiger partial charge in [-0.1, -0.05) is 30.3 Å². The van der Waals surface area contributed by atoms with Gasteiger partial charge in [0.15, 0.2) is 0 Å². The first-order valence-electron chi connectivity index (χ1n) is 11.3. The van der Waals surface area contributed by atoms with Gasteiger partial charge in [-0.15, -0.1) is 0 Å². The third-order valence-electron chi connectivity index (χ3n) is 6.73. The SMILES string of the molecule is O=C(CCC1CCN(C(=O)c2cnc[nH]2)CC1)N1CCC(Cc2ccccc2)CC1. The zero-order valence-electron chi connectivity index (χ0n) is 17.6. The normalized spacial score (nSPS) is 18.5. The zero-order valence-corrected chi connectivity index (χ0v) is 17.6. The van der Waals surface area contributed by atoms with E-state index < -0.39 is 0 Å². The van der Waals surface area contributed by atoms with Crippen LogP contribution in [-0.4, -0.2) is 57.8 Å². The summed E-state index contributed by atoms with van der Waals surface area (Å²) < 4.78 is 0. The number of aromatic amines is 1. The maximum Gasteiger partial charge on any atom is 0.271 e. The number of rotatable bonds is 6. The maximum atomic E-state index is 12.7. The van der Waals surface area contributed by atoms with Crippen molar-refractivity contribution in [3.8, 4) is 0 Å². The van der Waals surface area contributed by atoms with Crippen molar-refractivity contribution in [1.29, 1.82) is 0 Å². The monoisotopic (exact) mass is 408 g/mol. The Hall–Kier alpha value is -2.63. The standard InChI is InChI=1S/C24H32N4O2/c29-23(27-12-10-21(11-13-27)16-20-4-2-1-3-5-20)7-6-19-8-14-28(15-9-19)24(30)22-17-25-18-26-22/h1-5,17-19,21H,6-16H2,(H,25,26). The van der Waals surface area contributed by atoms with Gasteiger partial charge in [0.25, 0.3) is 5.91 Å². The van der Waals surface area contributed by atoms with Gasteiger partial charge in [-0.25, -0.2) is 4.98 Å². The Morgan fingerprint density at radius 1 is 0.933 bits per heavy atom. The number of nitrogens with one attached hydrogen (secondary N) is 1. The molecule has 2 aliphatic rings. The first kappa shape index (κ1) is 20.6. The van der Waals surface area contributed by atoms with Crippen LogP contribution >= 0.6 is 0 Å². The molecule has 3 heterocycles. The van der Waals surface area contributed by atoms with Crippen LogP contribution < -0.4 is 0 Å². The summed E-state index contributed by atoms with van der Waals surface area (Å²) in [5, 5.41) is 0. The van der Waals surface area contributed by atoms with Crippen LogP contribution in [0.2, 0.25) is 0 Å². The summed E-state index contributed by atoms with van der Waals surface area (Å²) in [5.41, 5.74) is 1.96. The van der Waals surface area contributed by atoms with Crippen molar-refractivity contribution >= 4 is 11.8 Å². The fourth-order valence-corrected chi connectivity index (χ4v) is 4.79. The molecule has 0 aliphatic carbocycles. The van der Waals surface area contributed by atoms with E-state index in [1.54, 1.807) is 6.20 Å². The van der Waals surface area contributed by atoms with Crippen LogP contribution in [0.3, 0.4) is 0 Å². The molecule has 0 radical (unpaired) electrons. The summed E-state index contributed by atoms with van der Waals surface area (Å²) >= 11 is 0. The Labute approximate surface area is 178 Å². The Bertz CT molecular complexity index is 805. The van der Waals surface area contributed by atoms with Crippen molar-refractivity contribution in [1.82, 2.24) is 19.8 Å². The highest BCUT2D eigenvalue weighted by Gasteiger charge is 2.26. The highest BCUT2D eigenvalue weighted by atomic mass is 16.2. The smallest absolute Gasteiger partial charge is 0.271 e. The molecule has 1 aromatic carbocycles. The van der Waals surface area contributed by atoms with Crippen molar-refractivity contribution in [3.63, 3.8) is 0 Å². The second kappa shape index (κ2) is 9.92. The topological polar surface area (TPSA) is 69.3 Å². The van der Waals surface area contributed by atoms with Crippen LogP contribution in [-0.2, 0) is 11.2 Å². The number of piperidine rings is 2. The van der Waals surface area contributed by atoms with Gasteiger partial charge < -0.3 is 14.8 Å². The Morgan fingerprint density at radius 3 is 2.27 bits per heavy atom. The Balaban J connectivity index is 1.14. The van der Waals surface area contributed by atoms with Gasteiger partial charge in [0, 0.05) is 32.6 Å². The molecule has 30 heavy (non-hydrogen) atoms. The fraction of sp³-hybridized carbons (Fsp3) is 0.542. The Kier molecular flexibility index (Phi) is 6.82. The number of carbonyl (C=O) groups excluding carboxylic acids is 2. The first-order valence-corrected chi connectivity index (χ1v) is 11.3. The number of nitrogens with zero attached hydrogens (tertiary/aromatic N) is 3. The number of hydrogen-bond donors (Lipinski definition) is 1. The van der Waals surface area contributed by atoms with Crippen LogP contribution in [0.25, 0.3) is 0 Å². The molecule has 2 amide bonds. The lowest BCUT2D eigenvalue weighted by atomic mass is 9.89. The van der Waals surface area contributed by atoms with Crippen LogP contribution in [0.5, 0.6) is 0 Å². The quantitative estimate of drug-likeness (QED) is 0.795. The van der Waals surface area contributed by atoms with Crippen LogP contribution in [0.15, 0.2) is 42.9 Å². The molecule has 4 rings (SSSR count). The number of H-pyrrole nitrogens is 1. The number of amides is 2. The van der Waals surface area contributed by atoms with Crippen molar-refractivity contribution in [3.05, 3.63) is 54.1 Å². The molecule has 2 saturated heterocycles. The van der Waals surface area contributed by atoms with Gasteiger partial charge in [0.05, 0.1) is 12.5 Å². The minimum absolute atomic E-state index is 0.0281. The maximum absolute atomic E-state index is 12.7. The summed E-state index contributed by atoms with van der Waals surface area (Å²) in [6.07, 6.45) is 9.99. The van der Waals surface area contributed by atoms with E-state index in [1.807, 2.05) is 4.90 Å². The van der Waals surface area contributed by atoms with Crippen LogP contribution in [0.1, 0.15) is 54.6 Å². The third-order valence-corrected chi connectivity index (χ3v) is 6.73. The molecule has 1 N–H and O–H groups in total. The predicted octanol–water partition coefficient (Wildman–Crippen LogP) is 3.52. The minimum atomic E-state index is 0.0281. The Morgan fingerprint density at radius 2 is 1.60 bits per heavy atom. The van der Waals surface area contributed by atoms with E-state index >= 15 is 0 Å². The molecule has 2 fully saturated rings. The van der Waals surface area contributed by atoms with E-state index in [2.05, 4.69) is 45.2 Å². The molecule has 0 unspecified atom stereocenters. The molecule has 2 aromatic rings. The summed E-state index contributed by atoms with van der Waals surface area (Å²) in [6, 6.07) is 10.7. The lowest BCUT2D eigenvalue weighted by Crippen LogP contribution is -2.40. The van der Waals surface area contributed by atoms with Crippen molar-refractivity contribution in [2.24, 2.45) is 11.8 Å². The summed E-state index contributed by atoms with van der Waals surface area (Å²) in [4.78, 5) is 35.8. The predicted molar refractivity (Wildman–Crippen MR) is 116 cm³/mol. The van der Waals surface area contributed by atoms with Gasteiger partial charge >= 0.3 is 0 Å². The summed E-state index contributed by atoms with van der Waals surface area (Å²) in [7, 11) is 0. The van der Waals surface area contributed by atoms with E-state index in [4.69, 9.17) is 0 Å². The summed E-state index contributed by atoms with van der Waals surface area (Å²) in [5.74, 6) is 1.56. The van der Waals surface area contributed by atoms with Gasteiger partial charge in [-0.3, -0.25) is 9.59 Å².